The molecule has 90 valence electrons. The molecular weight excluding hydrogens is 212 g/mol. The zero-order valence-electron chi connectivity index (χ0n) is 10.5. The van der Waals surface area contributed by atoms with Crippen molar-refractivity contribution in [2.45, 2.75) is 26.8 Å². The fraction of sp³-hybridized carbons (Fsp3) is 0.357. The Morgan fingerprint density at radius 3 is 2.47 bits per heavy atom. The molecule has 0 saturated carbocycles. The molecule has 0 fully saturated rings. The molecule has 2 N–H and O–H groups in total. The second-order valence-corrected chi connectivity index (χ2v) is 4.16. The van der Waals surface area contributed by atoms with Gasteiger partial charge in [-0.15, -0.1) is 6.42 Å². The topological polar surface area (TPSA) is 41.1 Å². The van der Waals surface area contributed by atoms with E-state index in [9.17, 15) is 4.79 Å². The highest BCUT2D eigenvalue weighted by molar-refractivity contribution is 5.84. The van der Waals surface area contributed by atoms with Crippen LogP contribution in [0.15, 0.2) is 18.2 Å². The molecular formula is C14H18N2O. The van der Waals surface area contributed by atoms with Crippen LogP contribution in [0.25, 0.3) is 0 Å². The second kappa shape index (κ2) is 5.95. The highest BCUT2D eigenvalue weighted by Gasteiger charge is 2.11. The number of rotatable bonds is 4. The van der Waals surface area contributed by atoms with Crippen LogP contribution in [-0.2, 0) is 4.79 Å². The van der Waals surface area contributed by atoms with Crippen molar-refractivity contribution in [3.8, 4) is 12.3 Å². The number of terminal acetylenes is 1. The number of anilines is 1. The van der Waals surface area contributed by atoms with Crippen LogP contribution in [-0.4, -0.2) is 18.5 Å². The lowest BCUT2D eigenvalue weighted by molar-refractivity contribution is -0.121. The molecule has 0 aliphatic heterocycles. The minimum Gasteiger partial charge on any atom is -0.374 e. The van der Waals surface area contributed by atoms with Crippen LogP contribution in [0.1, 0.15) is 18.1 Å². The molecule has 1 unspecified atom stereocenters. The fourth-order valence-electron chi connectivity index (χ4n) is 1.66. The smallest absolute Gasteiger partial charge is 0.242 e. The van der Waals surface area contributed by atoms with Crippen molar-refractivity contribution in [2.24, 2.45) is 0 Å². The van der Waals surface area contributed by atoms with Gasteiger partial charge in [0, 0.05) is 5.69 Å². The van der Waals surface area contributed by atoms with Gasteiger partial charge in [0.05, 0.1) is 6.54 Å². The molecule has 0 aliphatic rings. The predicted molar refractivity (Wildman–Crippen MR) is 70.8 cm³/mol. The number of hydrogen-bond acceptors (Lipinski definition) is 2. The lowest BCUT2D eigenvalue weighted by atomic mass is 10.1. The van der Waals surface area contributed by atoms with E-state index in [1.807, 2.05) is 32.9 Å². The number of amides is 1. The highest BCUT2D eigenvalue weighted by atomic mass is 16.2. The molecule has 3 heteroatoms. The van der Waals surface area contributed by atoms with Crippen LogP contribution in [0.5, 0.6) is 0 Å². The third-order valence-electron chi connectivity index (χ3n) is 2.36. The van der Waals surface area contributed by atoms with Crippen molar-refractivity contribution in [3.63, 3.8) is 0 Å². The van der Waals surface area contributed by atoms with E-state index in [2.05, 4.69) is 22.6 Å². The quantitative estimate of drug-likeness (QED) is 0.775. The Kier molecular flexibility index (Phi) is 4.59. The SMILES string of the molecule is C#CCNC(=O)C(C)Nc1cc(C)cc(C)c1. The van der Waals surface area contributed by atoms with Gasteiger partial charge in [-0.2, -0.15) is 0 Å². The summed E-state index contributed by atoms with van der Waals surface area (Å²) in [6, 6.07) is 5.81. The summed E-state index contributed by atoms with van der Waals surface area (Å²) >= 11 is 0. The average molecular weight is 230 g/mol. The average Bonchev–Trinajstić information content (AvgIpc) is 2.24. The van der Waals surface area contributed by atoms with Crippen LogP contribution in [0.2, 0.25) is 0 Å². The van der Waals surface area contributed by atoms with E-state index in [0.717, 1.165) is 5.69 Å². The van der Waals surface area contributed by atoms with Gasteiger partial charge in [0.2, 0.25) is 5.91 Å². The van der Waals surface area contributed by atoms with Gasteiger partial charge >= 0.3 is 0 Å². The third kappa shape index (κ3) is 4.20. The number of hydrogen-bond donors (Lipinski definition) is 2. The molecule has 1 atom stereocenters. The maximum atomic E-state index is 11.6. The Balaban J connectivity index is 2.64. The zero-order chi connectivity index (χ0) is 12.8. The summed E-state index contributed by atoms with van der Waals surface area (Å²) in [5, 5.41) is 5.80. The number of carbonyl (C=O) groups is 1. The fourth-order valence-corrected chi connectivity index (χ4v) is 1.66. The van der Waals surface area contributed by atoms with Gasteiger partial charge in [-0.1, -0.05) is 12.0 Å². The van der Waals surface area contributed by atoms with Gasteiger partial charge in [0.1, 0.15) is 6.04 Å². The van der Waals surface area contributed by atoms with Crippen LogP contribution in [0, 0.1) is 26.2 Å². The molecule has 1 aromatic carbocycles. The van der Waals surface area contributed by atoms with Gasteiger partial charge in [-0.3, -0.25) is 4.79 Å². The highest BCUT2D eigenvalue weighted by Crippen LogP contribution is 2.14. The summed E-state index contributed by atoms with van der Waals surface area (Å²) in [5.74, 6) is 2.28. The molecule has 0 saturated heterocycles. The van der Waals surface area contributed by atoms with Crippen LogP contribution in [0.3, 0.4) is 0 Å². The molecule has 0 aliphatic carbocycles. The van der Waals surface area contributed by atoms with Gasteiger partial charge in [-0.05, 0) is 44.0 Å². The molecule has 17 heavy (non-hydrogen) atoms. The van der Waals surface area contributed by atoms with Gasteiger partial charge < -0.3 is 10.6 Å². The first kappa shape index (κ1) is 13.1. The van der Waals surface area contributed by atoms with Crippen molar-refractivity contribution in [2.75, 3.05) is 11.9 Å². The Labute approximate surface area is 103 Å². The number of carbonyl (C=O) groups excluding carboxylic acids is 1. The lowest BCUT2D eigenvalue weighted by Gasteiger charge is -2.15. The van der Waals surface area contributed by atoms with E-state index in [4.69, 9.17) is 6.42 Å². The maximum absolute atomic E-state index is 11.6. The first-order valence-electron chi connectivity index (χ1n) is 5.59. The first-order chi connectivity index (χ1) is 8.02. The molecule has 0 heterocycles. The second-order valence-electron chi connectivity index (χ2n) is 4.16. The van der Waals surface area contributed by atoms with E-state index < -0.39 is 0 Å². The minimum absolute atomic E-state index is 0.0953. The monoisotopic (exact) mass is 230 g/mol. The summed E-state index contributed by atoms with van der Waals surface area (Å²) in [6.45, 7) is 6.13. The standard InChI is InChI=1S/C14H18N2O/c1-5-6-15-14(17)12(4)16-13-8-10(2)7-11(3)9-13/h1,7-9,12,16H,6H2,2-4H3,(H,15,17). The zero-order valence-corrected chi connectivity index (χ0v) is 10.5. The van der Waals surface area contributed by atoms with E-state index in [-0.39, 0.29) is 18.5 Å². The van der Waals surface area contributed by atoms with E-state index in [1.165, 1.54) is 11.1 Å². The molecule has 0 radical (unpaired) electrons. The van der Waals surface area contributed by atoms with Crippen molar-refractivity contribution >= 4 is 11.6 Å². The van der Waals surface area contributed by atoms with Crippen molar-refractivity contribution in [3.05, 3.63) is 29.3 Å². The molecule has 0 bridgehead atoms. The van der Waals surface area contributed by atoms with Gasteiger partial charge in [0.15, 0.2) is 0 Å². The Morgan fingerprint density at radius 2 is 1.94 bits per heavy atom. The Bertz CT molecular complexity index is 426. The van der Waals surface area contributed by atoms with Crippen molar-refractivity contribution in [1.82, 2.24) is 5.32 Å². The van der Waals surface area contributed by atoms with Crippen LogP contribution in [0.4, 0.5) is 5.69 Å². The van der Waals surface area contributed by atoms with Gasteiger partial charge in [-0.25, -0.2) is 0 Å². The van der Waals surface area contributed by atoms with Crippen LogP contribution < -0.4 is 10.6 Å². The van der Waals surface area contributed by atoms with E-state index >= 15 is 0 Å². The van der Waals surface area contributed by atoms with Crippen molar-refractivity contribution in [1.29, 1.82) is 0 Å². The maximum Gasteiger partial charge on any atom is 0.242 e. The summed E-state index contributed by atoms with van der Waals surface area (Å²) in [7, 11) is 0. The normalized spacial score (nSPS) is 11.4. The summed E-state index contributed by atoms with van der Waals surface area (Å²) in [5.41, 5.74) is 3.29. The predicted octanol–water partition coefficient (Wildman–Crippen LogP) is 1.85. The summed E-state index contributed by atoms with van der Waals surface area (Å²) in [4.78, 5) is 11.6. The number of aryl methyl sites for hydroxylation is 2. The van der Waals surface area contributed by atoms with Crippen LogP contribution >= 0.6 is 0 Å². The molecule has 0 aromatic heterocycles. The van der Waals surface area contributed by atoms with E-state index in [1.54, 1.807) is 0 Å². The molecule has 1 aromatic rings. The molecule has 3 nitrogen and oxygen atoms in total. The lowest BCUT2D eigenvalue weighted by Crippen LogP contribution is -2.37. The Morgan fingerprint density at radius 1 is 1.35 bits per heavy atom. The number of nitrogens with one attached hydrogen (secondary N) is 2. The third-order valence-corrected chi connectivity index (χ3v) is 2.36. The largest absolute Gasteiger partial charge is 0.374 e. The van der Waals surface area contributed by atoms with Gasteiger partial charge in [0.25, 0.3) is 0 Å². The number of benzene rings is 1. The molecule has 1 amide bonds. The first-order valence-corrected chi connectivity index (χ1v) is 5.59. The summed E-state index contributed by atoms with van der Waals surface area (Å²) in [6.07, 6.45) is 5.08. The Hall–Kier alpha value is -1.95. The van der Waals surface area contributed by atoms with E-state index in [0.29, 0.717) is 0 Å². The minimum atomic E-state index is -0.301. The van der Waals surface area contributed by atoms with Crippen molar-refractivity contribution < 1.29 is 4.79 Å². The molecule has 1 rings (SSSR count). The summed E-state index contributed by atoms with van der Waals surface area (Å²) < 4.78 is 0. The molecule has 0 spiro atoms.